The van der Waals surface area contributed by atoms with Crippen LogP contribution in [0.25, 0.3) is 0 Å². The molecule has 9 heteroatoms. The van der Waals surface area contributed by atoms with Gasteiger partial charge in [-0.1, -0.05) is 0 Å². The van der Waals surface area contributed by atoms with E-state index >= 15 is 0 Å². The van der Waals surface area contributed by atoms with Crippen LogP contribution >= 0.6 is 22.6 Å². The lowest BCUT2D eigenvalue weighted by Gasteiger charge is -2.06. The van der Waals surface area contributed by atoms with Gasteiger partial charge < -0.3 is 0 Å². The minimum absolute atomic E-state index is 0.0756. The Balaban J connectivity index is 3.56. The molecule has 1 rings (SSSR count). The molecule has 84 valence electrons. The SMILES string of the molecule is NS(=O)(=O)c1cc(I)nc(C(F)F)c1F. The van der Waals surface area contributed by atoms with Crippen molar-refractivity contribution in [3.8, 4) is 0 Å². The predicted molar refractivity (Wildman–Crippen MR) is 53.2 cm³/mol. The number of hydrogen-bond donors (Lipinski definition) is 1. The number of aromatic nitrogens is 1. The quantitative estimate of drug-likeness (QED) is 0.646. The number of hydrogen-bond acceptors (Lipinski definition) is 3. The van der Waals surface area contributed by atoms with Gasteiger partial charge in [0.15, 0.2) is 5.82 Å². The van der Waals surface area contributed by atoms with Crippen molar-refractivity contribution in [2.75, 3.05) is 0 Å². The van der Waals surface area contributed by atoms with Gasteiger partial charge in [0.25, 0.3) is 6.43 Å². The van der Waals surface area contributed by atoms with E-state index in [1.807, 2.05) is 0 Å². The van der Waals surface area contributed by atoms with E-state index in [0.29, 0.717) is 0 Å². The number of alkyl halides is 2. The van der Waals surface area contributed by atoms with Crippen molar-refractivity contribution < 1.29 is 21.6 Å². The van der Waals surface area contributed by atoms with Crippen LogP contribution in [0.4, 0.5) is 13.2 Å². The summed E-state index contributed by atoms with van der Waals surface area (Å²) in [7, 11) is -4.37. The highest BCUT2D eigenvalue weighted by atomic mass is 127. The number of nitrogens with zero attached hydrogens (tertiary/aromatic N) is 1. The van der Waals surface area contributed by atoms with E-state index in [9.17, 15) is 21.6 Å². The molecule has 15 heavy (non-hydrogen) atoms. The summed E-state index contributed by atoms with van der Waals surface area (Å²) in [5, 5.41) is 4.65. The van der Waals surface area contributed by atoms with Crippen molar-refractivity contribution in [1.82, 2.24) is 4.98 Å². The summed E-state index contributed by atoms with van der Waals surface area (Å²) in [6.07, 6.45) is -3.19. The Kier molecular flexibility index (Phi) is 3.55. The summed E-state index contributed by atoms with van der Waals surface area (Å²) >= 11 is 1.49. The lowest BCUT2D eigenvalue weighted by Crippen LogP contribution is -2.16. The lowest BCUT2D eigenvalue weighted by atomic mass is 10.3. The van der Waals surface area contributed by atoms with Gasteiger partial charge in [0.05, 0.1) is 0 Å². The van der Waals surface area contributed by atoms with Crippen LogP contribution in [0.5, 0.6) is 0 Å². The molecule has 1 heterocycles. The first kappa shape index (κ1) is 12.6. The standard InChI is InChI=1S/C6H4F3IN2O2S/c7-4-2(15(11,13)14)1-3(10)12-5(4)6(8)9/h1,6H,(H2,11,13,14). The minimum atomic E-state index is -4.37. The first-order valence-electron chi connectivity index (χ1n) is 3.40. The van der Waals surface area contributed by atoms with Crippen molar-refractivity contribution in [2.24, 2.45) is 5.14 Å². The van der Waals surface area contributed by atoms with Gasteiger partial charge in [-0.3, -0.25) is 0 Å². The van der Waals surface area contributed by atoms with Gasteiger partial charge in [0.1, 0.15) is 14.3 Å². The second kappa shape index (κ2) is 4.22. The Morgan fingerprint density at radius 1 is 1.47 bits per heavy atom. The smallest absolute Gasteiger partial charge is 0.238 e. The molecule has 0 radical (unpaired) electrons. The molecule has 4 nitrogen and oxygen atoms in total. The average Bonchev–Trinajstić information content (AvgIpc) is 2.06. The van der Waals surface area contributed by atoms with Crippen LogP contribution in [0.1, 0.15) is 12.1 Å². The van der Waals surface area contributed by atoms with Crippen LogP contribution in [-0.4, -0.2) is 13.4 Å². The van der Waals surface area contributed by atoms with E-state index in [2.05, 4.69) is 10.1 Å². The van der Waals surface area contributed by atoms with Crippen LogP contribution in [0.3, 0.4) is 0 Å². The normalized spacial score (nSPS) is 12.1. The fourth-order valence-electron chi connectivity index (χ4n) is 0.846. The van der Waals surface area contributed by atoms with Crippen LogP contribution in [0.15, 0.2) is 11.0 Å². The van der Waals surface area contributed by atoms with Gasteiger partial charge in [-0.2, -0.15) is 0 Å². The molecule has 0 aliphatic carbocycles. The molecule has 0 atom stereocenters. The van der Waals surface area contributed by atoms with Crippen LogP contribution in [-0.2, 0) is 10.0 Å². The highest BCUT2D eigenvalue weighted by Crippen LogP contribution is 2.25. The fraction of sp³-hybridized carbons (Fsp3) is 0.167. The maximum absolute atomic E-state index is 13.2. The molecule has 0 amide bonds. The van der Waals surface area contributed by atoms with E-state index in [1.54, 1.807) is 0 Å². The van der Waals surface area contributed by atoms with Crippen molar-refractivity contribution in [1.29, 1.82) is 0 Å². The van der Waals surface area contributed by atoms with E-state index in [0.717, 1.165) is 6.07 Å². The molecule has 2 N–H and O–H groups in total. The van der Waals surface area contributed by atoms with Gasteiger partial charge in [-0.05, 0) is 28.7 Å². The molecule has 0 unspecified atom stereocenters. The molecular formula is C6H4F3IN2O2S. The molecule has 0 saturated carbocycles. The van der Waals surface area contributed by atoms with Crippen molar-refractivity contribution >= 4 is 32.6 Å². The summed E-state index contributed by atoms with van der Waals surface area (Å²) in [4.78, 5) is 2.21. The number of halogens is 4. The Bertz CT molecular complexity index is 491. The summed E-state index contributed by atoms with van der Waals surface area (Å²) in [6.45, 7) is 0. The van der Waals surface area contributed by atoms with Gasteiger partial charge in [-0.25, -0.2) is 31.7 Å². The molecular weight excluding hydrogens is 348 g/mol. The Morgan fingerprint density at radius 3 is 2.40 bits per heavy atom. The molecule has 0 spiro atoms. The molecule has 1 aromatic rings. The first-order valence-corrected chi connectivity index (χ1v) is 6.03. The van der Waals surface area contributed by atoms with Gasteiger partial charge in [-0.15, -0.1) is 0 Å². The highest BCUT2D eigenvalue weighted by Gasteiger charge is 2.24. The second-order valence-electron chi connectivity index (χ2n) is 2.49. The van der Waals surface area contributed by atoms with Gasteiger partial charge in [0, 0.05) is 0 Å². The third-order valence-corrected chi connectivity index (χ3v) is 2.89. The molecule has 0 bridgehead atoms. The summed E-state index contributed by atoms with van der Waals surface area (Å²) < 4.78 is 59.3. The summed E-state index contributed by atoms with van der Waals surface area (Å²) in [5.74, 6) is -1.60. The molecule has 0 saturated heterocycles. The third kappa shape index (κ3) is 2.78. The second-order valence-corrected chi connectivity index (χ2v) is 5.12. The van der Waals surface area contributed by atoms with Crippen molar-refractivity contribution in [2.45, 2.75) is 11.3 Å². The molecule has 1 aromatic heterocycles. The third-order valence-electron chi connectivity index (χ3n) is 1.43. The maximum Gasteiger partial charge on any atom is 0.283 e. The molecule has 0 aliphatic rings. The molecule has 0 aliphatic heterocycles. The number of pyridine rings is 1. The maximum atomic E-state index is 13.2. The van der Waals surface area contributed by atoms with E-state index in [1.165, 1.54) is 22.6 Å². The average molecular weight is 352 g/mol. The predicted octanol–water partition coefficient (Wildman–Crippen LogP) is 1.41. The van der Waals surface area contributed by atoms with Gasteiger partial charge >= 0.3 is 0 Å². The number of rotatable bonds is 2. The van der Waals surface area contributed by atoms with E-state index in [-0.39, 0.29) is 3.70 Å². The number of sulfonamides is 1. The Morgan fingerprint density at radius 2 is 2.00 bits per heavy atom. The van der Waals surface area contributed by atoms with Crippen molar-refractivity contribution in [3.63, 3.8) is 0 Å². The van der Waals surface area contributed by atoms with Crippen LogP contribution < -0.4 is 5.14 Å². The Hall–Kier alpha value is -0.420. The topological polar surface area (TPSA) is 73.1 Å². The van der Waals surface area contributed by atoms with E-state index < -0.39 is 32.9 Å². The zero-order chi connectivity index (χ0) is 11.8. The molecule has 0 aromatic carbocycles. The fourth-order valence-corrected chi connectivity index (χ4v) is 2.26. The lowest BCUT2D eigenvalue weighted by molar-refractivity contribution is 0.139. The van der Waals surface area contributed by atoms with Crippen LogP contribution in [0, 0.1) is 9.52 Å². The zero-order valence-corrected chi connectivity index (χ0v) is 9.89. The molecule has 0 fully saturated rings. The van der Waals surface area contributed by atoms with Gasteiger partial charge in [0.2, 0.25) is 10.0 Å². The zero-order valence-electron chi connectivity index (χ0n) is 6.92. The van der Waals surface area contributed by atoms with Crippen molar-refractivity contribution in [3.05, 3.63) is 21.3 Å². The number of nitrogens with two attached hydrogens (primary N) is 1. The highest BCUT2D eigenvalue weighted by molar-refractivity contribution is 14.1. The summed E-state index contributed by atoms with van der Waals surface area (Å²) in [6, 6.07) is 0.789. The van der Waals surface area contributed by atoms with E-state index in [4.69, 9.17) is 0 Å². The summed E-state index contributed by atoms with van der Waals surface area (Å²) in [5.41, 5.74) is -1.22. The first-order chi connectivity index (χ1) is 6.73. The Labute approximate surface area is 96.9 Å². The minimum Gasteiger partial charge on any atom is -0.238 e. The monoisotopic (exact) mass is 352 g/mol. The number of primary sulfonamides is 1. The van der Waals surface area contributed by atoms with Crippen LogP contribution in [0.2, 0.25) is 0 Å². The largest absolute Gasteiger partial charge is 0.283 e.